The topological polar surface area (TPSA) is 21.7 Å². The molecule has 1 fully saturated rings. The summed E-state index contributed by atoms with van der Waals surface area (Å²) in [6.45, 7) is 4.29. The second kappa shape index (κ2) is 7.51. The van der Waals surface area contributed by atoms with Gasteiger partial charge in [-0.15, -0.1) is 0 Å². The largest absolute Gasteiger partial charge is 0.496 e. The summed E-state index contributed by atoms with van der Waals surface area (Å²) in [4.78, 5) is 2.42. The van der Waals surface area contributed by atoms with Crippen LogP contribution in [0.25, 0.3) is 0 Å². The van der Waals surface area contributed by atoms with Crippen molar-refractivity contribution in [3.8, 4) is 11.5 Å². The van der Waals surface area contributed by atoms with Crippen LogP contribution in [0.4, 0.5) is 0 Å². The standard InChI is InChI=1S/C20H25NO2/c1-3-21-15-16(13-17-9-7-8-12-19(17)22-2)14-20(21)23-18-10-5-4-6-11-18/h4-12,16,20H,3,13-15H2,1-2H3. The Morgan fingerprint density at radius 2 is 1.78 bits per heavy atom. The van der Waals surface area contributed by atoms with Gasteiger partial charge in [0.15, 0.2) is 6.23 Å². The molecule has 122 valence electrons. The van der Waals surface area contributed by atoms with Crippen LogP contribution in [0.2, 0.25) is 0 Å². The number of methoxy groups -OCH3 is 1. The first-order chi connectivity index (χ1) is 11.3. The fourth-order valence-corrected chi connectivity index (χ4v) is 3.40. The van der Waals surface area contributed by atoms with E-state index in [1.54, 1.807) is 7.11 Å². The number of hydrogen-bond acceptors (Lipinski definition) is 3. The molecule has 3 heteroatoms. The number of nitrogens with zero attached hydrogens (tertiary/aromatic N) is 1. The van der Waals surface area contributed by atoms with Gasteiger partial charge in [-0.1, -0.05) is 43.3 Å². The summed E-state index contributed by atoms with van der Waals surface area (Å²) in [7, 11) is 1.74. The highest BCUT2D eigenvalue weighted by atomic mass is 16.5. The minimum Gasteiger partial charge on any atom is -0.496 e. The third-order valence-electron chi connectivity index (χ3n) is 4.56. The lowest BCUT2D eigenvalue weighted by Crippen LogP contribution is -2.33. The average molecular weight is 311 g/mol. The Balaban J connectivity index is 1.66. The van der Waals surface area contributed by atoms with Crippen LogP contribution >= 0.6 is 0 Å². The van der Waals surface area contributed by atoms with Gasteiger partial charge in [0.2, 0.25) is 0 Å². The van der Waals surface area contributed by atoms with Crippen molar-refractivity contribution in [2.24, 2.45) is 5.92 Å². The number of benzene rings is 2. The first-order valence-electron chi connectivity index (χ1n) is 8.37. The molecule has 0 N–H and O–H groups in total. The summed E-state index contributed by atoms with van der Waals surface area (Å²) in [5.74, 6) is 2.54. The van der Waals surface area contributed by atoms with Crippen molar-refractivity contribution in [2.75, 3.05) is 20.2 Å². The van der Waals surface area contributed by atoms with E-state index in [2.05, 4.69) is 24.0 Å². The fourth-order valence-electron chi connectivity index (χ4n) is 3.40. The molecule has 1 heterocycles. The van der Waals surface area contributed by atoms with Gasteiger partial charge in [0.1, 0.15) is 11.5 Å². The molecule has 2 aromatic carbocycles. The number of likely N-dealkylation sites (tertiary alicyclic amines) is 1. The molecule has 0 aromatic heterocycles. The molecule has 2 aromatic rings. The molecule has 0 bridgehead atoms. The number of para-hydroxylation sites is 2. The molecule has 2 atom stereocenters. The summed E-state index contributed by atoms with van der Waals surface area (Å²) >= 11 is 0. The highest BCUT2D eigenvalue weighted by Gasteiger charge is 2.32. The molecule has 0 amide bonds. The molecular weight excluding hydrogens is 286 g/mol. The van der Waals surface area contributed by atoms with E-state index >= 15 is 0 Å². The first kappa shape index (κ1) is 15.9. The molecule has 3 nitrogen and oxygen atoms in total. The minimum atomic E-state index is 0.169. The van der Waals surface area contributed by atoms with Crippen LogP contribution < -0.4 is 9.47 Å². The highest BCUT2D eigenvalue weighted by molar-refractivity contribution is 5.33. The molecule has 0 spiro atoms. The summed E-state index contributed by atoms with van der Waals surface area (Å²) in [6, 6.07) is 18.4. The van der Waals surface area contributed by atoms with Crippen LogP contribution in [-0.4, -0.2) is 31.3 Å². The van der Waals surface area contributed by atoms with Crippen molar-refractivity contribution >= 4 is 0 Å². The van der Waals surface area contributed by atoms with Crippen molar-refractivity contribution < 1.29 is 9.47 Å². The molecule has 0 saturated carbocycles. The predicted octanol–water partition coefficient (Wildman–Crippen LogP) is 3.98. The van der Waals surface area contributed by atoms with Gasteiger partial charge in [0.05, 0.1) is 7.11 Å². The lowest BCUT2D eigenvalue weighted by atomic mass is 9.97. The Labute approximate surface area is 138 Å². The van der Waals surface area contributed by atoms with Crippen molar-refractivity contribution in [1.29, 1.82) is 0 Å². The number of rotatable bonds is 6. The molecule has 2 unspecified atom stereocenters. The van der Waals surface area contributed by atoms with Gasteiger partial charge in [-0.3, -0.25) is 4.90 Å². The molecule has 3 rings (SSSR count). The van der Waals surface area contributed by atoms with Gasteiger partial charge in [-0.25, -0.2) is 0 Å². The van der Waals surface area contributed by atoms with Crippen LogP contribution in [0.3, 0.4) is 0 Å². The van der Waals surface area contributed by atoms with E-state index < -0.39 is 0 Å². The lowest BCUT2D eigenvalue weighted by molar-refractivity contribution is 0.0650. The van der Waals surface area contributed by atoms with Gasteiger partial charge in [0.25, 0.3) is 0 Å². The van der Waals surface area contributed by atoms with Gasteiger partial charge in [-0.2, -0.15) is 0 Å². The number of ether oxygens (including phenoxy) is 2. The average Bonchev–Trinajstić information content (AvgIpc) is 2.97. The van der Waals surface area contributed by atoms with E-state index in [-0.39, 0.29) is 6.23 Å². The number of hydrogen-bond donors (Lipinski definition) is 0. The molecule has 23 heavy (non-hydrogen) atoms. The van der Waals surface area contributed by atoms with Crippen LogP contribution in [0.1, 0.15) is 18.9 Å². The molecule has 0 radical (unpaired) electrons. The fraction of sp³-hybridized carbons (Fsp3) is 0.400. The smallest absolute Gasteiger partial charge is 0.152 e. The zero-order valence-corrected chi connectivity index (χ0v) is 13.9. The minimum absolute atomic E-state index is 0.169. The summed E-state index contributed by atoms with van der Waals surface area (Å²) < 4.78 is 11.7. The first-order valence-corrected chi connectivity index (χ1v) is 8.37. The zero-order chi connectivity index (χ0) is 16.1. The van der Waals surface area contributed by atoms with Crippen LogP contribution in [0.15, 0.2) is 54.6 Å². The Bertz CT molecular complexity index is 614. The summed E-state index contributed by atoms with van der Waals surface area (Å²) in [6.07, 6.45) is 2.26. The van der Waals surface area contributed by atoms with Crippen molar-refractivity contribution in [1.82, 2.24) is 4.90 Å². The molecule has 0 aliphatic carbocycles. The maximum absolute atomic E-state index is 6.20. The molecule has 1 aliphatic rings. The van der Waals surface area contributed by atoms with E-state index in [9.17, 15) is 0 Å². The highest BCUT2D eigenvalue weighted by Crippen LogP contribution is 2.30. The van der Waals surface area contributed by atoms with Crippen molar-refractivity contribution in [3.63, 3.8) is 0 Å². The van der Waals surface area contributed by atoms with E-state index in [0.29, 0.717) is 5.92 Å². The van der Waals surface area contributed by atoms with Gasteiger partial charge < -0.3 is 9.47 Å². The van der Waals surface area contributed by atoms with Crippen LogP contribution in [0, 0.1) is 5.92 Å². The van der Waals surface area contributed by atoms with Crippen LogP contribution in [-0.2, 0) is 6.42 Å². The van der Waals surface area contributed by atoms with E-state index in [4.69, 9.17) is 9.47 Å². The van der Waals surface area contributed by atoms with Crippen molar-refractivity contribution in [2.45, 2.75) is 26.0 Å². The molecule has 1 aliphatic heterocycles. The second-order valence-corrected chi connectivity index (χ2v) is 6.09. The molecular formula is C20H25NO2. The normalized spacial score (nSPS) is 21.3. The Hall–Kier alpha value is -2.00. The Kier molecular flexibility index (Phi) is 5.19. The molecule has 1 saturated heterocycles. The monoisotopic (exact) mass is 311 g/mol. The maximum Gasteiger partial charge on any atom is 0.152 e. The van der Waals surface area contributed by atoms with Crippen molar-refractivity contribution in [3.05, 3.63) is 60.2 Å². The van der Waals surface area contributed by atoms with Gasteiger partial charge in [0, 0.05) is 13.0 Å². The van der Waals surface area contributed by atoms with Crippen LogP contribution in [0.5, 0.6) is 11.5 Å². The Morgan fingerprint density at radius 1 is 1.04 bits per heavy atom. The SMILES string of the molecule is CCN1CC(Cc2ccccc2OC)CC1Oc1ccccc1. The lowest BCUT2D eigenvalue weighted by Gasteiger charge is -2.23. The van der Waals surface area contributed by atoms with Gasteiger partial charge in [-0.05, 0) is 42.6 Å². The second-order valence-electron chi connectivity index (χ2n) is 6.09. The van der Waals surface area contributed by atoms with E-state index in [1.807, 2.05) is 42.5 Å². The third-order valence-corrected chi connectivity index (χ3v) is 4.56. The zero-order valence-electron chi connectivity index (χ0n) is 13.9. The maximum atomic E-state index is 6.20. The predicted molar refractivity (Wildman–Crippen MR) is 92.9 cm³/mol. The third kappa shape index (κ3) is 3.85. The quantitative estimate of drug-likeness (QED) is 0.805. The van der Waals surface area contributed by atoms with E-state index in [0.717, 1.165) is 37.4 Å². The van der Waals surface area contributed by atoms with E-state index in [1.165, 1.54) is 5.56 Å². The summed E-state index contributed by atoms with van der Waals surface area (Å²) in [5, 5.41) is 0. The summed E-state index contributed by atoms with van der Waals surface area (Å²) in [5.41, 5.74) is 1.29. The Morgan fingerprint density at radius 3 is 2.52 bits per heavy atom. The van der Waals surface area contributed by atoms with Gasteiger partial charge >= 0.3 is 0 Å².